The molecule has 1 amide bonds. The number of ether oxygens (including phenoxy) is 2. The van der Waals surface area contributed by atoms with E-state index in [9.17, 15) is 10.1 Å². The topological polar surface area (TPSA) is 134 Å². The van der Waals surface area contributed by atoms with Gasteiger partial charge in [0.05, 0.1) is 23.3 Å². The van der Waals surface area contributed by atoms with Crippen molar-refractivity contribution in [3.8, 4) is 29.0 Å². The van der Waals surface area contributed by atoms with E-state index in [1.54, 1.807) is 4.90 Å². The third-order valence-corrected chi connectivity index (χ3v) is 8.16. The Kier molecular flexibility index (Phi) is 7.93. The maximum absolute atomic E-state index is 12.8. The van der Waals surface area contributed by atoms with Crippen LogP contribution < -0.4 is 15.4 Å². The maximum Gasteiger partial charge on any atom is 0.410 e. The fourth-order valence-electron chi connectivity index (χ4n) is 6.01. The molecule has 0 unspecified atom stereocenters. The third-order valence-electron chi connectivity index (χ3n) is 8.16. The molecule has 11 nitrogen and oxygen atoms in total. The van der Waals surface area contributed by atoms with Crippen molar-refractivity contribution in [3.63, 3.8) is 0 Å². The number of fused-ring (bicyclic) bond motifs is 2. The minimum absolute atomic E-state index is 0.251. The zero-order valence-electron chi connectivity index (χ0n) is 26.4. The van der Waals surface area contributed by atoms with E-state index in [-0.39, 0.29) is 11.9 Å². The van der Waals surface area contributed by atoms with Gasteiger partial charge in [-0.1, -0.05) is 30.3 Å². The highest BCUT2D eigenvalue weighted by atomic mass is 16.6. The summed E-state index contributed by atoms with van der Waals surface area (Å²) in [6, 6.07) is 14.4. The first-order chi connectivity index (χ1) is 21.5. The molecule has 0 aliphatic carbocycles. The lowest BCUT2D eigenvalue weighted by Crippen LogP contribution is -2.50. The lowest BCUT2D eigenvalue weighted by Gasteiger charge is -2.37. The molecule has 2 N–H and O–H groups in total. The summed E-state index contributed by atoms with van der Waals surface area (Å²) in [5, 5.41) is 11.5. The Labute approximate surface area is 263 Å². The van der Waals surface area contributed by atoms with Crippen LogP contribution in [0.4, 0.5) is 16.3 Å². The Morgan fingerprint density at radius 3 is 2.53 bits per heavy atom. The van der Waals surface area contributed by atoms with E-state index in [1.807, 2.05) is 52.0 Å². The number of benzene rings is 2. The van der Waals surface area contributed by atoms with Gasteiger partial charge in [-0.05, 0) is 58.4 Å². The number of carbonyl (C=O) groups is 1. The van der Waals surface area contributed by atoms with Crippen LogP contribution in [0.2, 0.25) is 0 Å². The number of aromatic nitrogens is 3. The number of nitrogens with zero attached hydrogens (tertiary/aromatic N) is 7. The summed E-state index contributed by atoms with van der Waals surface area (Å²) >= 11 is 0. The highest BCUT2D eigenvalue weighted by Crippen LogP contribution is 2.42. The van der Waals surface area contributed by atoms with Gasteiger partial charge in [-0.2, -0.15) is 10.2 Å². The Morgan fingerprint density at radius 1 is 1.04 bits per heavy atom. The number of amides is 1. The molecule has 0 spiro atoms. The number of nitrogens with two attached hydrogens (primary N) is 1. The Morgan fingerprint density at radius 2 is 1.80 bits per heavy atom. The zero-order valence-corrected chi connectivity index (χ0v) is 26.4. The van der Waals surface area contributed by atoms with Crippen LogP contribution in [0.15, 0.2) is 42.6 Å². The van der Waals surface area contributed by atoms with Gasteiger partial charge >= 0.3 is 6.09 Å². The van der Waals surface area contributed by atoms with Crippen LogP contribution in [0.1, 0.15) is 43.2 Å². The number of likely N-dealkylation sites (N-methyl/N-ethyl adjacent to an activating group) is 1. The van der Waals surface area contributed by atoms with E-state index >= 15 is 0 Å². The second-order valence-electron chi connectivity index (χ2n) is 12.6. The van der Waals surface area contributed by atoms with Crippen molar-refractivity contribution in [2.24, 2.45) is 0 Å². The van der Waals surface area contributed by atoms with Crippen molar-refractivity contribution >= 4 is 28.5 Å². The Balaban J connectivity index is 1.50. The number of hydrogen-bond donors (Lipinski definition) is 1. The second-order valence-corrected chi connectivity index (χ2v) is 12.6. The molecule has 0 radical (unpaired) electrons. The highest BCUT2D eigenvalue weighted by molar-refractivity contribution is 6.01. The number of para-hydroxylation sites is 1. The lowest BCUT2D eigenvalue weighted by molar-refractivity contribution is 0.0240. The van der Waals surface area contributed by atoms with E-state index in [2.05, 4.69) is 45.0 Å². The summed E-state index contributed by atoms with van der Waals surface area (Å²) < 4.78 is 12.0. The molecule has 4 heterocycles. The van der Waals surface area contributed by atoms with Gasteiger partial charge in [0, 0.05) is 50.2 Å². The zero-order chi connectivity index (χ0) is 31.9. The summed E-state index contributed by atoms with van der Waals surface area (Å²) in [6.07, 6.45) is 2.01. The van der Waals surface area contributed by atoms with Gasteiger partial charge < -0.3 is 29.9 Å². The van der Waals surface area contributed by atoms with Crippen LogP contribution in [0.3, 0.4) is 0 Å². The Hall–Kier alpha value is -4.95. The van der Waals surface area contributed by atoms with Crippen LogP contribution in [0.25, 0.3) is 22.2 Å². The van der Waals surface area contributed by atoms with E-state index in [1.165, 1.54) is 17.3 Å². The molecule has 2 aromatic heterocycles. The lowest BCUT2D eigenvalue weighted by atomic mass is 9.90. The van der Waals surface area contributed by atoms with E-state index in [0.717, 1.165) is 36.1 Å². The number of carbonyl (C=O) groups excluding carboxylic acids is 1. The molecule has 4 aromatic rings. The van der Waals surface area contributed by atoms with Gasteiger partial charge in [-0.3, -0.25) is 4.98 Å². The van der Waals surface area contributed by atoms with Crippen LogP contribution in [0, 0.1) is 18.3 Å². The van der Waals surface area contributed by atoms with Crippen molar-refractivity contribution < 1.29 is 14.3 Å². The number of rotatable bonds is 4. The smallest absolute Gasteiger partial charge is 0.410 e. The maximum atomic E-state index is 12.8. The largest absolute Gasteiger partial charge is 0.444 e. The predicted molar refractivity (Wildman–Crippen MR) is 173 cm³/mol. The van der Waals surface area contributed by atoms with E-state index in [0.29, 0.717) is 60.3 Å². The number of piperazine rings is 1. The number of anilines is 2. The van der Waals surface area contributed by atoms with Crippen LogP contribution in [-0.4, -0.2) is 76.2 Å². The normalized spacial score (nSPS) is 15.5. The summed E-state index contributed by atoms with van der Waals surface area (Å²) in [4.78, 5) is 32.9. The van der Waals surface area contributed by atoms with Crippen LogP contribution in [-0.2, 0) is 17.7 Å². The van der Waals surface area contributed by atoms with Crippen molar-refractivity contribution in [3.05, 3.63) is 65.0 Å². The first-order valence-corrected chi connectivity index (χ1v) is 15.2. The molecule has 2 aromatic carbocycles. The fourth-order valence-corrected chi connectivity index (χ4v) is 6.01. The van der Waals surface area contributed by atoms with Crippen LogP contribution in [0.5, 0.6) is 11.6 Å². The SMILES string of the molecule is Cc1ncc(N)nc1Oc1cccc2c(N3CCN(C(=O)OC(C)(C)C)CC3)c(C#N)c(-c3cccc4c3CCN(C)C4)nc12. The molecule has 11 heteroatoms. The monoisotopic (exact) mass is 606 g/mol. The second kappa shape index (κ2) is 11.9. The average molecular weight is 607 g/mol. The minimum Gasteiger partial charge on any atom is -0.444 e. The number of aryl methyl sites for hydroxylation is 1. The number of nitrogen functional groups attached to an aromatic ring is 1. The molecule has 232 valence electrons. The van der Waals surface area contributed by atoms with Crippen LogP contribution >= 0.6 is 0 Å². The predicted octanol–water partition coefficient (Wildman–Crippen LogP) is 5.29. The average Bonchev–Trinajstić information content (AvgIpc) is 3.01. The molecule has 2 aliphatic heterocycles. The van der Waals surface area contributed by atoms with Gasteiger partial charge in [0.1, 0.15) is 28.6 Å². The minimum atomic E-state index is -0.579. The van der Waals surface area contributed by atoms with Crippen molar-refractivity contribution in [1.82, 2.24) is 24.8 Å². The Bertz CT molecular complexity index is 1820. The summed E-state index contributed by atoms with van der Waals surface area (Å²) in [6.45, 7) is 11.1. The molecule has 2 aliphatic rings. The molecule has 0 atom stereocenters. The first kappa shape index (κ1) is 30.1. The first-order valence-electron chi connectivity index (χ1n) is 15.2. The molecule has 45 heavy (non-hydrogen) atoms. The molecule has 6 rings (SSSR count). The van der Waals surface area contributed by atoms with Gasteiger partial charge in [0.2, 0.25) is 5.88 Å². The summed E-state index contributed by atoms with van der Waals surface area (Å²) in [5.41, 5.74) is 11.8. The number of pyridine rings is 1. The quantitative estimate of drug-likeness (QED) is 0.327. The number of hydrogen-bond acceptors (Lipinski definition) is 10. The standard InChI is InChI=1S/C34H38N8O3/c1-21-32(38-28(36)19-37-21)44-27-11-7-10-25-30(27)39-29(24-9-6-8-22-20-40(5)13-12-23(22)24)26(18-35)31(25)41-14-16-42(17-15-41)33(43)45-34(2,3)4/h6-11,19H,12-17,20H2,1-5H3,(H2,36,38). The van der Waals surface area contributed by atoms with Gasteiger partial charge in [-0.15, -0.1) is 0 Å². The van der Waals surface area contributed by atoms with Gasteiger partial charge in [-0.25, -0.2) is 9.78 Å². The van der Waals surface area contributed by atoms with E-state index in [4.69, 9.17) is 20.2 Å². The van der Waals surface area contributed by atoms with E-state index < -0.39 is 5.60 Å². The molecular weight excluding hydrogens is 568 g/mol. The summed E-state index contributed by atoms with van der Waals surface area (Å²) in [7, 11) is 2.12. The summed E-state index contributed by atoms with van der Waals surface area (Å²) in [5.74, 6) is 1.03. The molecular formula is C34H38N8O3. The molecule has 0 saturated carbocycles. The highest BCUT2D eigenvalue weighted by Gasteiger charge is 2.30. The molecule has 1 saturated heterocycles. The van der Waals surface area contributed by atoms with Gasteiger partial charge in [0.15, 0.2) is 5.75 Å². The third kappa shape index (κ3) is 6.06. The van der Waals surface area contributed by atoms with Crippen molar-refractivity contribution in [2.75, 3.05) is 50.4 Å². The van der Waals surface area contributed by atoms with Gasteiger partial charge in [0.25, 0.3) is 0 Å². The number of nitriles is 1. The van der Waals surface area contributed by atoms with Crippen molar-refractivity contribution in [1.29, 1.82) is 5.26 Å². The van der Waals surface area contributed by atoms with Crippen molar-refractivity contribution in [2.45, 2.75) is 46.3 Å². The molecule has 0 bridgehead atoms. The fraction of sp³-hybridized carbons (Fsp3) is 0.382. The molecule has 1 fully saturated rings.